The number of nitrogens with zero attached hydrogens (tertiary/aromatic N) is 4. The van der Waals surface area contributed by atoms with E-state index in [9.17, 15) is 4.79 Å². The fourth-order valence-electron chi connectivity index (χ4n) is 3.22. The molecule has 148 valence electrons. The minimum absolute atomic E-state index is 0.0415. The summed E-state index contributed by atoms with van der Waals surface area (Å²) in [4.78, 5) is 23.8. The Morgan fingerprint density at radius 2 is 2.03 bits per heavy atom. The molecule has 0 atom stereocenters. The van der Waals surface area contributed by atoms with Crippen LogP contribution in [0.15, 0.2) is 67.3 Å². The fraction of sp³-hybridized carbons (Fsp3) is 0.227. The second-order valence-corrected chi connectivity index (χ2v) is 7.67. The highest BCUT2D eigenvalue weighted by Gasteiger charge is 2.21. The zero-order chi connectivity index (χ0) is 20.1. The van der Waals surface area contributed by atoms with Crippen LogP contribution in [-0.4, -0.2) is 34.1 Å². The normalized spacial score (nSPS) is 10.9. The lowest BCUT2D eigenvalue weighted by Gasteiger charge is -2.20. The van der Waals surface area contributed by atoms with Crippen LogP contribution in [-0.2, 0) is 17.8 Å². The monoisotopic (exact) mass is 406 g/mol. The van der Waals surface area contributed by atoms with Crippen molar-refractivity contribution in [2.45, 2.75) is 19.4 Å². The van der Waals surface area contributed by atoms with Crippen molar-refractivity contribution in [2.24, 2.45) is 0 Å². The number of anilines is 1. The summed E-state index contributed by atoms with van der Waals surface area (Å²) in [5.41, 5.74) is 1.79. The lowest BCUT2D eigenvalue weighted by atomic mass is 10.1. The first-order valence-corrected chi connectivity index (χ1v) is 10.3. The number of amides is 1. The molecular weight excluding hydrogens is 384 g/mol. The highest BCUT2D eigenvalue weighted by molar-refractivity contribution is 7.22. The highest BCUT2D eigenvalue weighted by Crippen LogP contribution is 2.34. The highest BCUT2D eigenvalue weighted by atomic mass is 32.1. The van der Waals surface area contributed by atoms with Gasteiger partial charge in [0.2, 0.25) is 5.91 Å². The molecule has 0 saturated heterocycles. The number of para-hydroxylation sites is 1. The van der Waals surface area contributed by atoms with Crippen LogP contribution in [0.5, 0.6) is 5.75 Å². The zero-order valence-electron chi connectivity index (χ0n) is 16.2. The second-order valence-electron chi connectivity index (χ2n) is 6.67. The van der Waals surface area contributed by atoms with Crippen molar-refractivity contribution >= 4 is 32.6 Å². The molecule has 0 aliphatic heterocycles. The summed E-state index contributed by atoms with van der Waals surface area (Å²) in [7, 11) is 1.64. The molecule has 2 aromatic heterocycles. The van der Waals surface area contributed by atoms with E-state index in [0.29, 0.717) is 18.1 Å². The van der Waals surface area contributed by atoms with Crippen molar-refractivity contribution in [3.05, 3.63) is 72.8 Å². The van der Waals surface area contributed by atoms with Gasteiger partial charge in [0.1, 0.15) is 11.3 Å². The predicted molar refractivity (Wildman–Crippen MR) is 116 cm³/mol. The third-order valence-electron chi connectivity index (χ3n) is 4.68. The quantitative estimate of drug-likeness (QED) is 0.441. The molecule has 0 unspecified atom stereocenters. The molecule has 29 heavy (non-hydrogen) atoms. The van der Waals surface area contributed by atoms with E-state index in [0.717, 1.165) is 34.5 Å². The summed E-state index contributed by atoms with van der Waals surface area (Å²) in [6.45, 7) is 1.38. The van der Waals surface area contributed by atoms with Crippen molar-refractivity contribution < 1.29 is 9.53 Å². The first kappa shape index (κ1) is 19.1. The molecule has 2 heterocycles. The summed E-state index contributed by atoms with van der Waals surface area (Å²) < 4.78 is 8.46. The smallest absolute Gasteiger partial charge is 0.233 e. The minimum Gasteiger partial charge on any atom is -0.494 e. The Kier molecular flexibility index (Phi) is 5.86. The Bertz CT molecular complexity index is 1080. The van der Waals surface area contributed by atoms with E-state index in [1.54, 1.807) is 24.5 Å². The van der Waals surface area contributed by atoms with Crippen molar-refractivity contribution in [1.82, 2.24) is 14.5 Å². The Morgan fingerprint density at radius 1 is 1.17 bits per heavy atom. The molecule has 4 rings (SSSR count). The van der Waals surface area contributed by atoms with E-state index in [1.807, 2.05) is 59.3 Å². The molecule has 2 aromatic carbocycles. The average Bonchev–Trinajstić information content (AvgIpc) is 3.41. The van der Waals surface area contributed by atoms with Crippen LogP contribution in [0.1, 0.15) is 12.0 Å². The third-order valence-corrected chi connectivity index (χ3v) is 5.72. The maximum absolute atomic E-state index is 13.2. The SMILES string of the molecule is COc1cccc2sc(N(CCCn3ccnc3)C(=O)Cc3ccccc3)nc12. The number of aryl methyl sites for hydroxylation is 1. The molecule has 6 nitrogen and oxygen atoms in total. The molecule has 0 spiro atoms. The van der Waals surface area contributed by atoms with Gasteiger partial charge in [0, 0.05) is 25.5 Å². The van der Waals surface area contributed by atoms with Crippen LogP contribution >= 0.6 is 11.3 Å². The summed E-state index contributed by atoms with van der Waals surface area (Å²) in [6, 6.07) is 15.6. The van der Waals surface area contributed by atoms with E-state index in [-0.39, 0.29) is 5.91 Å². The lowest BCUT2D eigenvalue weighted by Crippen LogP contribution is -2.33. The number of hydrogen-bond donors (Lipinski definition) is 0. The standard InChI is InChI=1S/C22H22N4O2S/c1-28-18-9-5-10-19-21(18)24-22(29-19)26(13-6-12-25-14-11-23-16-25)20(27)15-17-7-3-2-4-8-17/h2-5,7-11,14,16H,6,12-13,15H2,1H3. The number of benzene rings is 2. The van der Waals surface area contributed by atoms with Gasteiger partial charge in [0.15, 0.2) is 5.13 Å². The molecule has 4 aromatic rings. The maximum Gasteiger partial charge on any atom is 0.233 e. The van der Waals surface area contributed by atoms with E-state index >= 15 is 0 Å². The molecule has 0 saturated carbocycles. The zero-order valence-corrected chi connectivity index (χ0v) is 17.0. The van der Waals surface area contributed by atoms with Crippen molar-refractivity contribution in [2.75, 3.05) is 18.6 Å². The Labute approximate surface area is 173 Å². The van der Waals surface area contributed by atoms with Crippen LogP contribution in [0.4, 0.5) is 5.13 Å². The van der Waals surface area contributed by atoms with Gasteiger partial charge in [-0.2, -0.15) is 0 Å². The van der Waals surface area contributed by atoms with Gasteiger partial charge in [-0.05, 0) is 24.1 Å². The van der Waals surface area contributed by atoms with Crippen LogP contribution in [0.25, 0.3) is 10.2 Å². The number of fused-ring (bicyclic) bond motifs is 1. The number of carbonyl (C=O) groups is 1. The molecule has 0 aliphatic carbocycles. The van der Waals surface area contributed by atoms with Gasteiger partial charge in [-0.3, -0.25) is 9.69 Å². The molecular formula is C22H22N4O2S. The molecule has 7 heteroatoms. The number of thiazole rings is 1. The molecule has 1 amide bonds. The van der Waals surface area contributed by atoms with Crippen molar-refractivity contribution in [3.63, 3.8) is 0 Å². The molecule has 0 N–H and O–H groups in total. The van der Waals surface area contributed by atoms with E-state index in [1.165, 1.54) is 11.3 Å². The number of aromatic nitrogens is 3. The van der Waals surface area contributed by atoms with Crippen LogP contribution in [0.3, 0.4) is 0 Å². The summed E-state index contributed by atoms with van der Waals surface area (Å²) >= 11 is 1.52. The number of carbonyl (C=O) groups excluding carboxylic acids is 1. The minimum atomic E-state index is 0.0415. The average molecular weight is 407 g/mol. The van der Waals surface area contributed by atoms with E-state index in [4.69, 9.17) is 9.72 Å². The lowest BCUT2D eigenvalue weighted by molar-refractivity contribution is -0.118. The van der Waals surface area contributed by atoms with E-state index in [2.05, 4.69) is 4.98 Å². The topological polar surface area (TPSA) is 60.2 Å². The van der Waals surface area contributed by atoms with Crippen LogP contribution in [0.2, 0.25) is 0 Å². The van der Waals surface area contributed by atoms with Crippen molar-refractivity contribution in [1.29, 1.82) is 0 Å². The maximum atomic E-state index is 13.2. The summed E-state index contributed by atoms with van der Waals surface area (Å²) in [5.74, 6) is 0.763. The Balaban J connectivity index is 1.59. The van der Waals surface area contributed by atoms with E-state index < -0.39 is 0 Å². The van der Waals surface area contributed by atoms with Crippen LogP contribution in [0, 0.1) is 0 Å². The number of ether oxygens (including phenoxy) is 1. The molecule has 0 aliphatic rings. The largest absolute Gasteiger partial charge is 0.494 e. The third kappa shape index (κ3) is 4.46. The summed E-state index contributed by atoms with van der Waals surface area (Å²) in [5, 5.41) is 0.705. The van der Waals surface area contributed by atoms with Crippen molar-refractivity contribution in [3.8, 4) is 5.75 Å². The first-order valence-electron chi connectivity index (χ1n) is 9.48. The fourth-order valence-corrected chi connectivity index (χ4v) is 4.24. The predicted octanol–water partition coefficient (Wildman–Crippen LogP) is 4.17. The van der Waals surface area contributed by atoms with Gasteiger partial charge < -0.3 is 9.30 Å². The van der Waals surface area contributed by atoms with Gasteiger partial charge in [0.05, 0.1) is 24.6 Å². The second kappa shape index (κ2) is 8.87. The Morgan fingerprint density at radius 3 is 2.79 bits per heavy atom. The number of methoxy groups -OCH3 is 1. The van der Waals surface area contributed by atoms with Gasteiger partial charge in [0.25, 0.3) is 0 Å². The number of imidazole rings is 1. The summed E-state index contributed by atoms with van der Waals surface area (Å²) in [6.07, 6.45) is 6.64. The Hall–Kier alpha value is -3.19. The van der Waals surface area contributed by atoms with Gasteiger partial charge >= 0.3 is 0 Å². The molecule has 0 bridgehead atoms. The van der Waals surface area contributed by atoms with Gasteiger partial charge in [-0.1, -0.05) is 47.7 Å². The van der Waals surface area contributed by atoms with Gasteiger partial charge in [-0.25, -0.2) is 9.97 Å². The molecule has 0 radical (unpaired) electrons. The molecule has 0 fully saturated rings. The van der Waals surface area contributed by atoms with Gasteiger partial charge in [-0.15, -0.1) is 0 Å². The number of hydrogen-bond acceptors (Lipinski definition) is 5. The first-order chi connectivity index (χ1) is 14.2. The van der Waals surface area contributed by atoms with Crippen LogP contribution < -0.4 is 9.64 Å². The number of rotatable bonds is 8.